The molecule has 94 valence electrons. The van der Waals surface area contributed by atoms with Crippen molar-refractivity contribution in [2.75, 3.05) is 26.2 Å². The summed E-state index contributed by atoms with van der Waals surface area (Å²) in [5.41, 5.74) is -0.672. The van der Waals surface area contributed by atoms with Gasteiger partial charge in [-0.05, 0) is 26.7 Å². The molecule has 0 saturated carbocycles. The Balaban J connectivity index is 2.21. The van der Waals surface area contributed by atoms with Crippen LogP contribution in [0.4, 0.5) is 0 Å². The number of piperidine rings is 1. The summed E-state index contributed by atoms with van der Waals surface area (Å²) in [5, 5.41) is 18.1. The number of carboxylic acid groups (broad SMARTS) is 1. The molecule has 1 aliphatic rings. The van der Waals surface area contributed by atoms with E-state index in [0.717, 1.165) is 25.9 Å². The van der Waals surface area contributed by atoms with E-state index >= 15 is 0 Å². The highest BCUT2D eigenvalue weighted by molar-refractivity contribution is 5.68. The first-order chi connectivity index (χ1) is 7.37. The Kier molecular flexibility index (Phi) is 4.70. The number of carbonyl (C=O) groups is 1. The van der Waals surface area contributed by atoms with E-state index in [0.29, 0.717) is 6.54 Å². The number of aliphatic hydroxyl groups is 1. The van der Waals surface area contributed by atoms with Crippen molar-refractivity contribution in [1.29, 1.82) is 0 Å². The normalized spacial score (nSPS) is 19.9. The summed E-state index contributed by atoms with van der Waals surface area (Å²) < 4.78 is 5.23. The van der Waals surface area contributed by atoms with Gasteiger partial charge in [-0.15, -0.1) is 0 Å². The predicted molar refractivity (Wildman–Crippen MR) is 59.3 cm³/mol. The van der Waals surface area contributed by atoms with Crippen LogP contribution in [0.1, 0.15) is 26.7 Å². The quantitative estimate of drug-likeness (QED) is 0.713. The summed E-state index contributed by atoms with van der Waals surface area (Å²) in [4.78, 5) is 12.5. The zero-order valence-corrected chi connectivity index (χ0v) is 9.98. The molecule has 1 aliphatic heterocycles. The average Bonchev–Trinajstić information content (AvgIpc) is 2.14. The summed E-state index contributed by atoms with van der Waals surface area (Å²) in [5.74, 6) is -0.918. The predicted octanol–water partition coefficient (Wildman–Crippen LogP) is 0.323. The Hall–Kier alpha value is -0.650. The highest BCUT2D eigenvalue weighted by Crippen LogP contribution is 2.16. The van der Waals surface area contributed by atoms with Crippen LogP contribution in [0.15, 0.2) is 0 Å². The first-order valence-electron chi connectivity index (χ1n) is 5.65. The molecular weight excluding hydrogens is 210 g/mol. The lowest BCUT2D eigenvalue weighted by molar-refractivity contribution is -0.145. The molecule has 0 unspecified atom stereocenters. The SMILES string of the molecule is CC(C)(O)CN1CCC(OCC(=O)O)CC1. The van der Waals surface area contributed by atoms with E-state index in [1.54, 1.807) is 13.8 Å². The Labute approximate surface area is 96.0 Å². The van der Waals surface area contributed by atoms with E-state index in [1.165, 1.54) is 0 Å². The molecule has 0 aromatic carbocycles. The second-order valence-electron chi connectivity index (χ2n) is 4.99. The van der Waals surface area contributed by atoms with Gasteiger partial charge in [-0.1, -0.05) is 0 Å². The molecule has 1 saturated heterocycles. The molecule has 16 heavy (non-hydrogen) atoms. The van der Waals surface area contributed by atoms with Crippen LogP contribution in [0.25, 0.3) is 0 Å². The summed E-state index contributed by atoms with van der Waals surface area (Å²) in [6, 6.07) is 0. The summed E-state index contributed by atoms with van der Waals surface area (Å²) in [6.45, 7) is 5.73. The van der Waals surface area contributed by atoms with Gasteiger partial charge in [0.2, 0.25) is 0 Å². The maximum Gasteiger partial charge on any atom is 0.329 e. The van der Waals surface area contributed by atoms with E-state index < -0.39 is 11.6 Å². The lowest BCUT2D eigenvalue weighted by Crippen LogP contribution is -2.44. The van der Waals surface area contributed by atoms with Crippen molar-refractivity contribution < 1.29 is 19.7 Å². The first-order valence-corrected chi connectivity index (χ1v) is 5.65. The van der Waals surface area contributed by atoms with Gasteiger partial charge < -0.3 is 19.8 Å². The van der Waals surface area contributed by atoms with Crippen molar-refractivity contribution in [3.8, 4) is 0 Å². The molecule has 1 fully saturated rings. The Morgan fingerprint density at radius 2 is 2.00 bits per heavy atom. The number of aliphatic carboxylic acids is 1. The molecule has 0 radical (unpaired) electrons. The molecular formula is C11H21NO4. The molecule has 2 N–H and O–H groups in total. The lowest BCUT2D eigenvalue weighted by Gasteiger charge is -2.34. The molecule has 0 aliphatic carbocycles. The maximum absolute atomic E-state index is 10.3. The average molecular weight is 231 g/mol. The van der Waals surface area contributed by atoms with Crippen LogP contribution < -0.4 is 0 Å². The number of likely N-dealkylation sites (tertiary alicyclic amines) is 1. The molecule has 0 amide bonds. The first kappa shape index (κ1) is 13.4. The van der Waals surface area contributed by atoms with Crippen LogP contribution in [0, 0.1) is 0 Å². The van der Waals surface area contributed by atoms with Gasteiger partial charge in [-0.3, -0.25) is 0 Å². The van der Waals surface area contributed by atoms with Gasteiger partial charge in [0.15, 0.2) is 0 Å². The van der Waals surface area contributed by atoms with Crippen molar-refractivity contribution in [2.24, 2.45) is 0 Å². The second kappa shape index (κ2) is 5.61. The van der Waals surface area contributed by atoms with Gasteiger partial charge in [0.25, 0.3) is 0 Å². The van der Waals surface area contributed by atoms with E-state index in [2.05, 4.69) is 4.90 Å². The third-order valence-electron chi connectivity index (χ3n) is 2.59. The topological polar surface area (TPSA) is 70.0 Å². The molecule has 1 heterocycles. The minimum Gasteiger partial charge on any atom is -0.480 e. The summed E-state index contributed by atoms with van der Waals surface area (Å²) in [7, 11) is 0. The van der Waals surface area contributed by atoms with Gasteiger partial charge in [0.1, 0.15) is 6.61 Å². The number of hydrogen-bond acceptors (Lipinski definition) is 4. The molecule has 0 bridgehead atoms. The molecule has 0 atom stereocenters. The lowest BCUT2D eigenvalue weighted by atomic mass is 10.0. The van der Waals surface area contributed by atoms with E-state index in [1.807, 2.05) is 0 Å². The van der Waals surface area contributed by atoms with Gasteiger partial charge >= 0.3 is 5.97 Å². The van der Waals surface area contributed by atoms with Crippen LogP contribution in [-0.2, 0) is 9.53 Å². The van der Waals surface area contributed by atoms with Crippen molar-refractivity contribution >= 4 is 5.97 Å². The van der Waals surface area contributed by atoms with Crippen LogP contribution in [0.3, 0.4) is 0 Å². The Bertz CT molecular complexity index is 229. The molecule has 5 heteroatoms. The molecule has 0 aromatic heterocycles. The smallest absolute Gasteiger partial charge is 0.329 e. The highest BCUT2D eigenvalue weighted by atomic mass is 16.5. The zero-order chi connectivity index (χ0) is 12.2. The third-order valence-corrected chi connectivity index (χ3v) is 2.59. The number of β-amino-alcohol motifs (C(OH)–C–C–N with tert-alkyl or cyclic N) is 1. The molecule has 0 aromatic rings. The van der Waals surface area contributed by atoms with Crippen molar-refractivity contribution in [3.63, 3.8) is 0 Å². The fourth-order valence-corrected chi connectivity index (χ4v) is 1.97. The fraction of sp³-hybridized carbons (Fsp3) is 0.909. The van der Waals surface area contributed by atoms with Crippen molar-refractivity contribution in [2.45, 2.75) is 38.4 Å². The van der Waals surface area contributed by atoms with Crippen LogP contribution in [-0.4, -0.2) is 59.0 Å². The summed E-state index contributed by atoms with van der Waals surface area (Å²) in [6.07, 6.45) is 1.72. The third kappa shape index (κ3) is 5.44. The maximum atomic E-state index is 10.3. The molecule has 5 nitrogen and oxygen atoms in total. The monoisotopic (exact) mass is 231 g/mol. The second-order valence-corrected chi connectivity index (χ2v) is 4.99. The van der Waals surface area contributed by atoms with Crippen molar-refractivity contribution in [1.82, 2.24) is 4.90 Å². The number of ether oxygens (including phenoxy) is 1. The van der Waals surface area contributed by atoms with Gasteiger partial charge in [-0.2, -0.15) is 0 Å². The Morgan fingerprint density at radius 1 is 1.44 bits per heavy atom. The van der Waals surface area contributed by atoms with E-state index in [9.17, 15) is 9.90 Å². The van der Waals surface area contributed by atoms with Crippen LogP contribution in [0.5, 0.6) is 0 Å². The van der Waals surface area contributed by atoms with Gasteiger partial charge in [0.05, 0.1) is 11.7 Å². The van der Waals surface area contributed by atoms with Gasteiger partial charge in [-0.25, -0.2) is 4.79 Å². The van der Waals surface area contributed by atoms with E-state index in [4.69, 9.17) is 9.84 Å². The minimum atomic E-state index is -0.918. The number of rotatable bonds is 5. The standard InChI is InChI=1S/C11H21NO4/c1-11(2,15)8-12-5-3-9(4-6-12)16-7-10(13)14/h9,15H,3-8H2,1-2H3,(H,13,14). The van der Waals surface area contributed by atoms with E-state index in [-0.39, 0.29) is 12.7 Å². The molecule has 1 rings (SSSR count). The summed E-state index contributed by atoms with van der Waals surface area (Å²) >= 11 is 0. The Morgan fingerprint density at radius 3 is 2.44 bits per heavy atom. The molecule has 0 spiro atoms. The number of nitrogens with zero attached hydrogens (tertiary/aromatic N) is 1. The largest absolute Gasteiger partial charge is 0.480 e. The van der Waals surface area contributed by atoms with Crippen molar-refractivity contribution in [3.05, 3.63) is 0 Å². The number of hydrogen-bond donors (Lipinski definition) is 2. The van der Waals surface area contributed by atoms with Gasteiger partial charge in [0, 0.05) is 19.6 Å². The zero-order valence-electron chi connectivity index (χ0n) is 9.98. The fourth-order valence-electron chi connectivity index (χ4n) is 1.97. The van der Waals surface area contributed by atoms with Crippen LogP contribution in [0.2, 0.25) is 0 Å². The number of carboxylic acids is 1. The highest BCUT2D eigenvalue weighted by Gasteiger charge is 2.24. The minimum absolute atomic E-state index is 0.0501. The van der Waals surface area contributed by atoms with Crippen LogP contribution >= 0.6 is 0 Å².